The summed E-state index contributed by atoms with van der Waals surface area (Å²) >= 11 is 1.46. The molecule has 0 radical (unpaired) electrons. The first-order valence-electron chi connectivity index (χ1n) is 6.62. The third-order valence-corrected chi connectivity index (χ3v) is 3.76. The molecule has 0 aliphatic rings. The van der Waals surface area contributed by atoms with Crippen molar-refractivity contribution in [3.05, 3.63) is 52.2 Å². The number of nitrogens with one attached hydrogen (secondary N) is 1. The van der Waals surface area contributed by atoms with E-state index in [9.17, 15) is 9.59 Å². The number of nitriles is 1. The Balaban J connectivity index is 1.92. The Labute approximate surface area is 132 Å². The smallest absolute Gasteiger partial charge is 0.311 e. The third-order valence-electron chi connectivity index (χ3n) is 2.88. The van der Waals surface area contributed by atoms with E-state index in [0.29, 0.717) is 11.3 Å². The number of anilines is 1. The maximum atomic E-state index is 12.0. The summed E-state index contributed by atoms with van der Waals surface area (Å²) in [6, 6.07) is 12.3. The molecule has 2 aromatic rings. The first-order chi connectivity index (χ1) is 10.6. The fraction of sp³-hybridized carbons (Fsp3) is 0.188. The summed E-state index contributed by atoms with van der Waals surface area (Å²) in [5.74, 6) is -0.930. The molecule has 1 heterocycles. The lowest BCUT2D eigenvalue weighted by Gasteiger charge is -2.13. The molecule has 22 heavy (non-hydrogen) atoms. The van der Waals surface area contributed by atoms with Gasteiger partial charge in [0.2, 0.25) is 0 Å². The van der Waals surface area contributed by atoms with Gasteiger partial charge in [-0.2, -0.15) is 5.26 Å². The minimum absolute atomic E-state index is 0.143. The van der Waals surface area contributed by atoms with Crippen molar-refractivity contribution in [3.8, 4) is 6.07 Å². The van der Waals surface area contributed by atoms with Gasteiger partial charge in [0.25, 0.3) is 5.91 Å². The largest absolute Gasteiger partial charge is 0.452 e. The van der Waals surface area contributed by atoms with Crippen LogP contribution in [-0.2, 0) is 20.7 Å². The molecule has 1 aromatic heterocycles. The third kappa shape index (κ3) is 4.17. The zero-order valence-corrected chi connectivity index (χ0v) is 12.7. The zero-order valence-electron chi connectivity index (χ0n) is 11.9. The van der Waals surface area contributed by atoms with E-state index in [1.165, 1.54) is 18.3 Å². The van der Waals surface area contributed by atoms with Crippen molar-refractivity contribution in [2.75, 3.05) is 5.32 Å². The Hall–Kier alpha value is -2.65. The minimum Gasteiger partial charge on any atom is -0.452 e. The van der Waals surface area contributed by atoms with Crippen molar-refractivity contribution in [3.63, 3.8) is 0 Å². The topological polar surface area (TPSA) is 79.2 Å². The summed E-state index contributed by atoms with van der Waals surface area (Å²) in [7, 11) is 0. The Morgan fingerprint density at radius 2 is 2.09 bits per heavy atom. The molecule has 0 fully saturated rings. The molecular weight excluding hydrogens is 300 g/mol. The number of carbonyl (C=O) groups is 2. The Morgan fingerprint density at radius 1 is 1.32 bits per heavy atom. The van der Waals surface area contributed by atoms with Crippen LogP contribution in [0.1, 0.15) is 17.4 Å². The van der Waals surface area contributed by atoms with Crippen molar-refractivity contribution in [2.45, 2.75) is 19.4 Å². The van der Waals surface area contributed by atoms with E-state index in [4.69, 9.17) is 10.00 Å². The number of thiophene rings is 1. The molecule has 112 valence electrons. The first kappa shape index (κ1) is 15.7. The highest BCUT2D eigenvalue weighted by Crippen LogP contribution is 2.15. The van der Waals surface area contributed by atoms with Gasteiger partial charge < -0.3 is 10.1 Å². The summed E-state index contributed by atoms with van der Waals surface area (Å²) < 4.78 is 5.10. The number of rotatable bonds is 5. The fourth-order valence-electron chi connectivity index (χ4n) is 1.77. The van der Waals surface area contributed by atoms with Crippen molar-refractivity contribution in [2.24, 2.45) is 0 Å². The van der Waals surface area contributed by atoms with E-state index in [0.717, 1.165) is 4.88 Å². The van der Waals surface area contributed by atoms with E-state index < -0.39 is 18.0 Å². The van der Waals surface area contributed by atoms with Gasteiger partial charge in [-0.15, -0.1) is 11.3 Å². The van der Waals surface area contributed by atoms with Gasteiger partial charge in [-0.3, -0.25) is 9.59 Å². The van der Waals surface area contributed by atoms with Gasteiger partial charge in [0, 0.05) is 4.88 Å². The van der Waals surface area contributed by atoms with Crippen LogP contribution < -0.4 is 5.32 Å². The molecule has 0 aliphatic carbocycles. The number of esters is 1. The number of ether oxygens (including phenoxy) is 1. The van der Waals surface area contributed by atoms with Crippen LogP contribution in [0.4, 0.5) is 5.69 Å². The van der Waals surface area contributed by atoms with Crippen LogP contribution in [0.15, 0.2) is 41.8 Å². The van der Waals surface area contributed by atoms with Crippen LogP contribution in [0.2, 0.25) is 0 Å². The summed E-state index contributed by atoms with van der Waals surface area (Å²) in [5.41, 5.74) is 0.754. The van der Waals surface area contributed by atoms with Crippen molar-refractivity contribution in [1.29, 1.82) is 5.26 Å². The Bertz CT molecular complexity index is 704. The molecule has 0 spiro atoms. The van der Waals surface area contributed by atoms with Crippen molar-refractivity contribution in [1.82, 2.24) is 0 Å². The monoisotopic (exact) mass is 314 g/mol. The maximum Gasteiger partial charge on any atom is 0.311 e. The molecule has 0 saturated heterocycles. The molecule has 0 saturated carbocycles. The van der Waals surface area contributed by atoms with Crippen molar-refractivity contribution >= 4 is 28.9 Å². The molecule has 1 N–H and O–H groups in total. The highest BCUT2D eigenvalue weighted by molar-refractivity contribution is 7.10. The van der Waals surface area contributed by atoms with Gasteiger partial charge in [0.1, 0.15) is 6.07 Å². The Kier molecular flexibility index (Phi) is 5.28. The highest BCUT2D eigenvalue weighted by atomic mass is 32.1. The fourth-order valence-corrected chi connectivity index (χ4v) is 2.46. The van der Waals surface area contributed by atoms with Gasteiger partial charge in [0.15, 0.2) is 6.10 Å². The average molecular weight is 314 g/mol. The van der Waals surface area contributed by atoms with E-state index in [1.807, 2.05) is 23.6 Å². The minimum atomic E-state index is -0.931. The summed E-state index contributed by atoms with van der Waals surface area (Å²) in [6.45, 7) is 1.50. The highest BCUT2D eigenvalue weighted by Gasteiger charge is 2.19. The second-order valence-corrected chi connectivity index (χ2v) is 5.57. The quantitative estimate of drug-likeness (QED) is 0.861. The number of para-hydroxylation sites is 1. The molecule has 2 rings (SSSR count). The van der Waals surface area contributed by atoms with Gasteiger partial charge in [-0.05, 0) is 30.5 Å². The van der Waals surface area contributed by atoms with Crippen LogP contribution in [0, 0.1) is 11.3 Å². The van der Waals surface area contributed by atoms with Crippen LogP contribution in [0.25, 0.3) is 0 Å². The van der Waals surface area contributed by atoms with Crippen LogP contribution in [-0.4, -0.2) is 18.0 Å². The van der Waals surface area contributed by atoms with E-state index in [1.54, 1.807) is 24.3 Å². The Morgan fingerprint density at radius 3 is 2.77 bits per heavy atom. The van der Waals surface area contributed by atoms with Crippen molar-refractivity contribution < 1.29 is 14.3 Å². The first-order valence-corrected chi connectivity index (χ1v) is 7.50. The predicted octanol–water partition coefficient (Wildman–Crippen LogP) is 2.73. The van der Waals surface area contributed by atoms with E-state index >= 15 is 0 Å². The molecule has 6 heteroatoms. The number of amides is 1. The zero-order chi connectivity index (χ0) is 15.9. The molecule has 0 unspecified atom stereocenters. The van der Waals surface area contributed by atoms with Gasteiger partial charge in [0.05, 0.1) is 17.7 Å². The molecule has 1 atom stereocenters. The number of benzene rings is 1. The number of nitrogens with zero attached hydrogens (tertiary/aromatic N) is 1. The predicted molar refractivity (Wildman–Crippen MR) is 83.4 cm³/mol. The SMILES string of the molecule is C[C@@H](OC(=O)Cc1cccs1)C(=O)Nc1ccccc1C#N. The molecule has 1 aromatic carbocycles. The normalized spacial score (nSPS) is 11.3. The molecule has 0 bridgehead atoms. The summed E-state index contributed by atoms with van der Waals surface area (Å²) in [6.07, 6.45) is -0.788. The lowest BCUT2D eigenvalue weighted by Crippen LogP contribution is -2.30. The number of hydrogen-bond donors (Lipinski definition) is 1. The standard InChI is InChI=1S/C16H14N2O3S/c1-11(21-15(19)9-13-6-4-8-22-13)16(20)18-14-7-3-2-5-12(14)10-17/h2-8,11H,9H2,1H3,(H,18,20)/t11-/m1/s1. The second-order valence-electron chi connectivity index (χ2n) is 4.53. The lowest BCUT2D eigenvalue weighted by molar-refractivity contribution is -0.152. The van der Waals surface area contributed by atoms with Crippen LogP contribution in [0.5, 0.6) is 0 Å². The van der Waals surface area contributed by atoms with E-state index in [2.05, 4.69) is 5.32 Å². The molecule has 1 amide bonds. The van der Waals surface area contributed by atoms with Gasteiger partial charge >= 0.3 is 5.97 Å². The maximum absolute atomic E-state index is 12.0. The second kappa shape index (κ2) is 7.38. The van der Waals surface area contributed by atoms with Gasteiger partial charge in [-0.25, -0.2) is 0 Å². The average Bonchev–Trinajstić information content (AvgIpc) is 3.00. The molecule has 5 nitrogen and oxygen atoms in total. The number of hydrogen-bond acceptors (Lipinski definition) is 5. The van der Waals surface area contributed by atoms with Crippen LogP contribution >= 0.6 is 11.3 Å². The number of carbonyl (C=O) groups excluding carboxylic acids is 2. The van der Waals surface area contributed by atoms with Crippen LogP contribution in [0.3, 0.4) is 0 Å². The molecule has 0 aliphatic heterocycles. The van der Waals surface area contributed by atoms with E-state index in [-0.39, 0.29) is 6.42 Å². The van der Waals surface area contributed by atoms with Gasteiger partial charge in [-0.1, -0.05) is 18.2 Å². The summed E-state index contributed by atoms with van der Waals surface area (Å²) in [5, 5.41) is 13.4. The molecular formula is C16H14N2O3S. The lowest BCUT2D eigenvalue weighted by atomic mass is 10.2. The summed E-state index contributed by atoms with van der Waals surface area (Å²) in [4.78, 5) is 24.7.